The number of rotatable bonds is 0. The predicted octanol–water partition coefficient (Wildman–Crippen LogP) is 3.96. The van der Waals surface area contributed by atoms with Gasteiger partial charge >= 0.3 is 0 Å². The van der Waals surface area contributed by atoms with E-state index in [1.165, 1.54) is 44.5 Å². The molecule has 0 unspecified atom stereocenters. The summed E-state index contributed by atoms with van der Waals surface area (Å²) in [5.74, 6) is 0. The average Bonchev–Trinajstić information content (AvgIpc) is 3.13. The third kappa shape index (κ3) is 1.49. The minimum Gasteiger partial charge on any atom is -0.353 e. The number of aromatic nitrogens is 4. The lowest BCUT2D eigenvalue weighted by Gasteiger charge is -1.98. The Morgan fingerprint density at radius 1 is 1.19 bits per heavy atom. The van der Waals surface area contributed by atoms with Crippen molar-refractivity contribution in [2.75, 3.05) is 0 Å². The van der Waals surface area contributed by atoms with Crippen molar-refractivity contribution in [1.82, 2.24) is 20.2 Å². The molecule has 4 aromatic rings. The first kappa shape index (κ1) is 11.5. The van der Waals surface area contributed by atoms with E-state index < -0.39 is 0 Å². The molecule has 3 heterocycles. The van der Waals surface area contributed by atoms with Crippen molar-refractivity contribution in [2.24, 2.45) is 0 Å². The normalized spacial score (nSPS) is 14.3. The van der Waals surface area contributed by atoms with Gasteiger partial charge in [-0.2, -0.15) is 5.10 Å². The molecule has 1 aliphatic carbocycles. The van der Waals surface area contributed by atoms with Crippen LogP contribution < -0.4 is 0 Å². The van der Waals surface area contributed by atoms with Crippen LogP contribution in [0.25, 0.3) is 32.5 Å². The highest BCUT2D eigenvalue weighted by molar-refractivity contribution is 7.16. The number of thiazole rings is 1. The van der Waals surface area contributed by atoms with Gasteiger partial charge in [0.1, 0.15) is 5.69 Å². The van der Waals surface area contributed by atoms with E-state index in [0.717, 1.165) is 24.1 Å². The second-order valence-corrected chi connectivity index (χ2v) is 6.61. The van der Waals surface area contributed by atoms with E-state index in [2.05, 4.69) is 39.2 Å². The SMILES string of the molecule is Cc1[nH]nc2c1CCCc1c-2[nH]c2cc3ncsc3cc12. The van der Waals surface area contributed by atoms with Crippen molar-refractivity contribution >= 4 is 32.5 Å². The molecule has 3 aromatic heterocycles. The van der Waals surface area contributed by atoms with Crippen LogP contribution in [-0.4, -0.2) is 20.2 Å². The van der Waals surface area contributed by atoms with Gasteiger partial charge in [-0.1, -0.05) is 0 Å². The summed E-state index contributed by atoms with van der Waals surface area (Å²) in [6.45, 7) is 2.11. The molecule has 4 nitrogen and oxygen atoms in total. The zero-order valence-corrected chi connectivity index (χ0v) is 12.5. The van der Waals surface area contributed by atoms with E-state index in [1.54, 1.807) is 11.3 Å². The lowest BCUT2D eigenvalue weighted by molar-refractivity contribution is 0.832. The topological polar surface area (TPSA) is 57.4 Å². The van der Waals surface area contributed by atoms with Gasteiger partial charge in [0, 0.05) is 22.2 Å². The Morgan fingerprint density at radius 3 is 3.05 bits per heavy atom. The number of nitrogens with zero attached hydrogens (tertiary/aromatic N) is 2. The summed E-state index contributed by atoms with van der Waals surface area (Å²) >= 11 is 1.70. The number of aryl methyl sites for hydroxylation is 2. The lowest BCUT2D eigenvalue weighted by Crippen LogP contribution is -1.87. The number of hydrogen-bond donors (Lipinski definition) is 2. The molecule has 0 amide bonds. The molecule has 5 heteroatoms. The predicted molar refractivity (Wildman–Crippen MR) is 85.8 cm³/mol. The molecule has 1 aromatic carbocycles. The van der Waals surface area contributed by atoms with Crippen LogP contribution in [-0.2, 0) is 12.8 Å². The fourth-order valence-corrected chi connectivity index (χ4v) is 4.17. The molecule has 0 atom stereocenters. The quantitative estimate of drug-likeness (QED) is 0.515. The Hall–Kier alpha value is -2.14. The molecule has 0 radical (unpaired) electrons. The summed E-state index contributed by atoms with van der Waals surface area (Å²) in [5, 5.41) is 9.01. The fraction of sp³-hybridized carbons (Fsp3) is 0.250. The molecule has 1 aliphatic rings. The van der Waals surface area contributed by atoms with Crippen molar-refractivity contribution in [3.63, 3.8) is 0 Å². The molecule has 0 spiro atoms. The molecule has 5 rings (SSSR count). The Balaban J connectivity index is 1.89. The van der Waals surface area contributed by atoms with Crippen LogP contribution >= 0.6 is 11.3 Å². The van der Waals surface area contributed by atoms with E-state index in [9.17, 15) is 0 Å². The summed E-state index contributed by atoms with van der Waals surface area (Å²) in [4.78, 5) is 8.01. The highest BCUT2D eigenvalue weighted by atomic mass is 32.1. The molecule has 0 saturated heterocycles. The van der Waals surface area contributed by atoms with Crippen molar-refractivity contribution in [3.05, 3.63) is 34.5 Å². The van der Waals surface area contributed by atoms with E-state index >= 15 is 0 Å². The van der Waals surface area contributed by atoms with Gasteiger partial charge in [-0.3, -0.25) is 5.10 Å². The molecule has 2 N–H and O–H groups in total. The van der Waals surface area contributed by atoms with E-state index in [-0.39, 0.29) is 0 Å². The first-order chi connectivity index (χ1) is 10.3. The second-order valence-electron chi connectivity index (χ2n) is 5.73. The van der Waals surface area contributed by atoms with Gasteiger partial charge in [0.25, 0.3) is 0 Å². The second kappa shape index (κ2) is 3.95. The van der Waals surface area contributed by atoms with Gasteiger partial charge < -0.3 is 4.98 Å². The zero-order valence-electron chi connectivity index (χ0n) is 11.7. The van der Waals surface area contributed by atoms with Gasteiger partial charge in [0.05, 0.1) is 21.4 Å². The van der Waals surface area contributed by atoms with Crippen LogP contribution in [0.15, 0.2) is 17.6 Å². The number of benzene rings is 1. The average molecular weight is 294 g/mol. The van der Waals surface area contributed by atoms with Gasteiger partial charge in [0.2, 0.25) is 0 Å². The Bertz CT molecular complexity index is 989. The summed E-state index contributed by atoms with van der Waals surface area (Å²) in [7, 11) is 0. The molecular formula is C16H14N4S. The summed E-state index contributed by atoms with van der Waals surface area (Å²) < 4.78 is 1.26. The van der Waals surface area contributed by atoms with Crippen LogP contribution in [0.3, 0.4) is 0 Å². The van der Waals surface area contributed by atoms with Crippen molar-refractivity contribution in [1.29, 1.82) is 0 Å². The van der Waals surface area contributed by atoms with Gasteiger partial charge in [-0.15, -0.1) is 11.3 Å². The number of fused-ring (bicyclic) bond motifs is 6. The van der Waals surface area contributed by atoms with E-state index in [1.807, 2.05) is 5.51 Å². The summed E-state index contributed by atoms with van der Waals surface area (Å²) in [6, 6.07) is 4.44. The Kier molecular flexibility index (Phi) is 2.16. The van der Waals surface area contributed by atoms with Gasteiger partial charge in [-0.25, -0.2) is 4.98 Å². The molecule has 0 fully saturated rings. The van der Waals surface area contributed by atoms with Crippen molar-refractivity contribution < 1.29 is 0 Å². The number of nitrogens with one attached hydrogen (secondary N) is 2. The third-order valence-corrected chi connectivity index (χ3v) is 5.31. The Morgan fingerprint density at radius 2 is 2.10 bits per heavy atom. The largest absolute Gasteiger partial charge is 0.353 e. The van der Waals surface area contributed by atoms with Crippen LogP contribution in [0, 0.1) is 6.92 Å². The number of H-pyrrole nitrogens is 2. The first-order valence-corrected chi connectivity index (χ1v) is 8.11. The van der Waals surface area contributed by atoms with E-state index in [0.29, 0.717) is 0 Å². The standard InChI is InChI=1S/C16H14N4S/c1-8-9-3-2-4-10-11-5-14-13(17-7-21-14)6-12(11)18-15(10)16(9)20-19-8/h5-7,18H,2-4H2,1H3,(H,19,20). The first-order valence-electron chi connectivity index (χ1n) is 7.23. The monoisotopic (exact) mass is 294 g/mol. The van der Waals surface area contributed by atoms with Gasteiger partial charge in [0.15, 0.2) is 0 Å². The highest BCUT2D eigenvalue weighted by Crippen LogP contribution is 2.38. The van der Waals surface area contributed by atoms with Crippen molar-refractivity contribution in [3.8, 4) is 11.4 Å². The van der Waals surface area contributed by atoms with Crippen LogP contribution in [0.4, 0.5) is 0 Å². The van der Waals surface area contributed by atoms with Crippen LogP contribution in [0.2, 0.25) is 0 Å². The van der Waals surface area contributed by atoms with Gasteiger partial charge in [-0.05, 0) is 43.9 Å². The molecule has 21 heavy (non-hydrogen) atoms. The lowest BCUT2D eigenvalue weighted by atomic mass is 10.1. The van der Waals surface area contributed by atoms with Crippen LogP contribution in [0.1, 0.15) is 23.2 Å². The molecular weight excluding hydrogens is 280 g/mol. The number of hydrogen-bond acceptors (Lipinski definition) is 3. The zero-order chi connectivity index (χ0) is 14.0. The minimum atomic E-state index is 1.07. The minimum absolute atomic E-state index is 1.07. The molecule has 0 saturated carbocycles. The molecule has 0 aliphatic heterocycles. The summed E-state index contributed by atoms with van der Waals surface area (Å²) in [5.41, 5.74) is 10.4. The van der Waals surface area contributed by atoms with Crippen molar-refractivity contribution in [2.45, 2.75) is 26.2 Å². The number of aromatic amines is 2. The van der Waals surface area contributed by atoms with E-state index in [4.69, 9.17) is 0 Å². The highest BCUT2D eigenvalue weighted by Gasteiger charge is 2.23. The molecule has 0 bridgehead atoms. The smallest absolute Gasteiger partial charge is 0.112 e. The Labute approximate surface area is 125 Å². The fourth-order valence-electron chi connectivity index (χ4n) is 3.47. The summed E-state index contributed by atoms with van der Waals surface area (Å²) in [6.07, 6.45) is 3.38. The molecule has 104 valence electrons. The maximum atomic E-state index is 4.54. The maximum Gasteiger partial charge on any atom is 0.112 e. The third-order valence-electron chi connectivity index (χ3n) is 4.52. The maximum absolute atomic E-state index is 4.54. The van der Waals surface area contributed by atoms with Crippen LogP contribution in [0.5, 0.6) is 0 Å².